The standard InChI is InChI=1S/C3HClF4O/c4-1(2(5)6)9-3(7)8/h3H. The summed E-state index contributed by atoms with van der Waals surface area (Å²) in [5.41, 5.74) is 0. The molecule has 0 saturated carbocycles. The summed E-state index contributed by atoms with van der Waals surface area (Å²) in [7, 11) is 0. The molecule has 0 amide bonds. The fourth-order valence-corrected chi connectivity index (χ4v) is 0.190. The van der Waals surface area contributed by atoms with E-state index >= 15 is 0 Å². The van der Waals surface area contributed by atoms with Gasteiger partial charge >= 0.3 is 12.7 Å². The topological polar surface area (TPSA) is 9.23 Å². The summed E-state index contributed by atoms with van der Waals surface area (Å²) in [5.74, 6) is 0. The first kappa shape index (κ1) is 8.55. The Morgan fingerprint density at radius 3 is 1.89 bits per heavy atom. The lowest BCUT2D eigenvalue weighted by Gasteiger charge is -1.98. The molecule has 0 aromatic heterocycles. The quantitative estimate of drug-likeness (QED) is 0.450. The van der Waals surface area contributed by atoms with Gasteiger partial charge in [0.2, 0.25) is 0 Å². The van der Waals surface area contributed by atoms with Crippen LogP contribution in [0.4, 0.5) is 17.6 Å². The molecule has 1 nitrogen and oxygen atoms in total. The Hall–Kier alpha value is -0.450. The lowest BCUT2D eigenvalue weighted by molar-refractivity contribution is -0.0916. The lowest BCUT2D eigenvalue weighted by Crippen LogP contribution is -1.94. The van der Waals surface area contributed by atoms with Crippen molar-refractivity contribution in [2.45, 2.75) is 6.61 Å². The smallest absolute Gasteiger partial charge is 0.388 e. The normalized spacial score (nSPS) is 9.56. The van der Waals surface area contributed by atoms with E-state index in [1.807, 2.05) is 0 Å². The zero-order chi connectivity index (χ0) is 7.44. The molecule has 0 aliphatic rings. The zero-order valence-corrected chi connectivity index (χ0v) is 4.63. The molecule has 6 heteroatoms. The van der Waals surface area contributed by atoms with Crippen LogP contribution in [0.5, 0.6) is 0 Å². The van der Waals surface area contributed by atoms with Crippen LogP contribution in [0.15, 0.2) is 11.3 Å². The van der Waals surface area contributed by atoms with Gasteiger partial charge in [-0.2, -0.15) is 17.6 Å². The van der Waals surface area contributed by atoms with Gasteiger partial charge in [0.1, 0.15) is 0 Å². The SMILES string of the molecule is FC(F)=C(Cl)OC(F)F. The maximum Gasteiger partial charge on any atom is 0.388 e. The van der Waals surface area contributed by atoms with E-state index in [0.717, 1.165) is 0 Å². The number of halogens is 5. The molecule has 0 atom stereocenters. The van der Waals surface area contributed by atoms with Crippen LogP contribution in [0, 0.1) is 0 Å². The third kappa shape index (κ3) is 4.08. The Morgan fingerprint density at radius 2 is 1.78 bits per heavy atom. The van der Waals surface area contributed by atoms with E-state index < -0.39 is 17.9 Å². The van der Waals surface area contributed by atoms with Crippen molar-refractivity contribution in [3.63, 3.8) is 0 Å². The monoisotopic (exact) mass is 164 g/mol. The molecule has 0 aliphatic heterocycles. The summed E-state index contributed by atoms with van der Waals surface area (Å²) >= 11 is 4.44. The van der Waals surface area contributed by atoms with Gasteiger partial charge in [-0.1, -0.05) is 0 Å². The second kappa shape index (κ2) is 3.55. The number of alkyl halides is 2. The average molecular weight is 164 g/mol. The molecule has 9 heavy (non-hydrogen) atoms. The molecule has 0 aromatic rings. The summed E-state index contributed by atoms with van der Waals surface area (Å²) in [6.07, 6.45) is -2.46. The van der Waals surface area contributed by atoms with Crippen LogP contribution >= 0.6 is 11.6 Å². The Morgan fingerprint density at radius 1 is 1.33 bits per heavy atom. The van der Waals surface area contributed by atoms with Crippen molar-refractivity contribution in [2.24, 2.45) is 0 Å². The Bertz CT molecular complexity index is 119. The molecule has 0 fully saturated rings. The second-order valence-electron chi connectivity index (χ2n) is 0.913. The van der Waals surface area contributed by atoms with Crippen LogP contribution in [0.25, 0.3) is 0 Å². The van der Waals surface area contributed by atoms with Gasteiger partial charge in [0.25, 0.3) is 5.22 Å². The van der Waals surface area contributed by atoms with Crippen molar-refractivity contribution in [1.29, 1.82) is 0 Å². The minimum absolute atomic E-state index is 1.56. The Labute approximate surface area is 52.9 Å². The molecule has 0 aliphatic carbocycles. The second-order valence-corrected chi connectivity index (χ2v) is 1.26. The number of hydrogen-bond donors (Lipinski definition) is 0. The van der Waals surface area contributed by atoms with E-state index in [9.17, 15) is 17.6 Å². The van der Waals surface area contributed by atoms with Gasteiger partial charge < -0.3 is 4.74 Å². The highest BCUT2D eigenvalue weighted by molar-refractivity contribution is 6.28. The average Bonchev–Trinajstić information content (AvgIpc) is 1.63. The lowest BCUT2D eigenvalue weighted by atomic mass is 11.0. The first-order valence-corrected chi connectivity index (χ1v) is 2.07. The summed E-state index contributed by atoms with van der Waals surface area (Å²) < 4.78 is 47.2. The maximum atomic E-state index is 11.1. The molecule has 54 valence electrons. The molecule has 0 spiro atoms. The van der Waals surface area contributed by atoms with E-state index in [1.54, 1.807) is 0 Å². The first-order valence-electron chi connectivity index (χ1n) is 1.69. The molecular formula is C3HClF4O. The number of rotatable bonds is 2. The fourth-order valence-electron chi connectivity index (χ4n) is 0.123. The van der Waals surface area contributed by atoms with E-state index in [1.165, 1.54) is 0 Å². The molecule has 0 bridgehead atoms. The van der Waals surface area contributed by atoms with E-state index in [0.29, 0.717) is 0 Å². The highest BCUT2D eigenvalue weighted by Gasteiger charge is 2.09. The molecular weight excluding hydrogens is 163 g/mol. The van der Waals surface area contributed by atoms with E-state index in [4.69, 9.17) is 0 Å². The van der Waals surface area contributed by atoms with Gasteiger partial charge in [-0.15, -0.1) is 0 Å². The van der Waals surface area contributed by atoms with Gasteiger partial charge in [0, 0.05) is 0 Å². The van der Waals surface area contributed by atoms with Crippen LogP contribution in [-0.4, -0.2) is 6.61 Å². The van der Waals surface area contributed by atoms with Gasteiger partial charge in [-0.25, -0.2) is 0 Å². The van der Waals surface area contributed by atoms with Crippen molar-refractivity contribution in [1.82, 2.24) is 0 Å². The molecule has 0 radical (unpaired) electrons. The summed E-state index contributed by atoms with van der Waals surface area (Å²) in [4.78, 5) is 0. The number of hydrogen-bond acceptors (Lipinski definition) is 1. The molecule has 0 N–H and O–H groups in total. The Balaban J connectivity index is 3.77. The van der Waals surface area contributed by atoms with Gasteiger partial charge in [-0.05, 0) is 11.6 Å². The Kier molecular flexibility index (Phi) is 3.37. The van der Waals surface area contributed by atoms with Crippen LogP contribution in [-0.2, 0) is 4.74 Å². The van der Waals surface area contributed by atoms with Crippen LogP contribution in [0.2, 0.25) is 0 Å². The molecule has 0 rings (SSSR count). The number of ether oxygens (including phenoxy) is 1. The molecule has 0 heterocycles. The minimum Gasteiger partial charge on any atom is -0.418 e. The van der Waals surface area contributed by atoms with E-state index in [2.05, 4.69) is 16.3 Å². The van der Waals surface area contributed by atoms with Crippen LogP contribution in [0.3, 0.4) is 0 Å². The van der Waals surface area contributed by atoms with Crippen molar-refractivity contribution in [3.8, 4) is 0 Å². The van der Waals surface area contributed by atoms with Crippen molar-refractivity contribution < 1.29 is 22.3 Å². The molecule has 0 unspecified atom stereocenters. The van der Waals surface area contributed by atoms with Crippen molar-refractivity contribution in [3.05, 3.63) is 11.3 Å². The van der Waals surface area contributed by atoms with Crippen LogP contribution in [0.1, 0.15) is 0 Å². The maximum absolute atomic E-state index is 11.1. The van der Waals surface area contributed by atoms with E-state index in [-0.39, 0.29) is 0 Å². The van der Waals surface area contributed by atoms with Crippen molar-refractivity contribution >= 4 is 11.6 Å². The van der Waals surface area contributed by atoms with Crippen molar-refractivity contribution in [2.75, 3.05) is 0 Å². The van der Waals surface area contributed by atoms with Gasteiger partial charge in [-0.3, -0.25) is 0 Å². The third-order valence-corrected chi connectivity index (χ3v) is 0.573. The largest absolute Gasteiger partial charge is 0.418 e. The molecule has 0 saturated heterocycles. The summed E-state index contributed by atoms with van der Waals surface area (Å²) in [6.45, 7) is -3.31. The predicted molar refractivity (Wildman–Crippen MR) is 22.2 cm³/mol. The summed E-state index contributed by atoms with van der Waals surface area (Å²) in [5, 5.41) is -1.56. The molecule has 0 aromatic carbocycles. The highest BCUT2D eigenvalue weighted by atomic mass is 35.5. The van der Waals surface area contributed by atoms with Gasteiger partial charge in [0.15, 0.2) is 0 Å². The van der Waals surface area contributed by atoms with Gasteiger partial charge in [0.05, 0.1) is 0 Å². The predicted octanol–water partition coefficient (Wildman–Crippen LogP) is 2.53. The van der Waals surface area contributed by atoms with Crippen LogP contribution < -0.4 is 0 Å². The fraction of sp³-hybridized carbons (Fsp3) is 0.333. The minimum atomic E-state index is -3.31. The highest BCUT2D eigenvalue weighted by Crippen LogP contribution is 2.16. The summed E-state index contributed by atoms with van der Waals surface area (Å²) in [6, 6.07) is 0. The first-order chi connectivity index (χ1) is 4.04. The zero-order valence-electron chi connectivity index (χ0n) is 3.88. The third-order valence-electron chi connectivity index (χ3n) is 0.341.